The Morgan fingerprint density at radius 3 is 2.74 bits per heavy atom. The van der Waals surface area contributed by atoms with Crippen LogP contribution in [0, 0.1) is 0 Å². The number of aliphatic imine (C=N–C) groups is 1. The molecule has 2 rings (SSSR count). The maximum atomic E-state index is 11.4. The first-order valence-electron chi connectivity index (χ1n) is 7.41. The van der Waals surface area contributed by atoms with Crippen molar-refractivity contribution < 1.29 is 8.42 Å². The number of guanidine groups is 1. The Morgan fingerprint density at radius 1 is 1.39 bits per heavy atom. The quantitative estimate of drug-likeness (QED) is 0.299. The molecule has 0 aliphatic carbocycles. The maximum Gasteiger partial charge on any atom is 0.191 e. The molecule has 0 aromatic heterocycles. The van der Waals surface area contributed by atoms with E-state index in [9.17, 15) is 8.42 Å². The zero-order valence-corrected chi connectivity index (χ0v) is 17.0. The molecule has 0 spiro atoms. The van der Waals surface area contributed by atoms with Crippen molar-refractivity contribution in [1.29, 1.82) is 0 Å². The van der Waals surface area contributed by atoms with Crippen molar-refractivity contribution in [2.75, 3.05) is 25.1 Å². The van der Waals surface area contributed by atoms with Gasteiger partial charge in [0.25, 0.3) is 0 Å². The summed E-state index contributed by atoms with van der Waals surface area (Å²) in [5.74, 6) is 1.10. The van der Waals surface area contributed by atoms with E-state index in [4.69, 9.17) is 11.6 Å². The number of sulfone groups is 1. The summed E-state index contributed by atoms with van der Waals surface area (Å²) >= 11 is 6.12. The zero-order chi connectivity index (χ0) is 16.0. The third-order valence-electron chi connectivity index (χ3n) is 3.67. The second-order valence-electron chi connectivity index (χ2n) is 5.44. The molecule has 130 valence electrons. The van der Waals surface area contributed by atoms with Crippen molar-refractivity contribution in [2.45, 2.75) is 25.3 Å². The lowest BCUT2D eigenvalue weighted by Gasteiger charge is -2.16. The van der Waals surface area contributed by atoms with Crippen LogP contribution in [-0.2, 0) is 16.3 Å². The summed E-state index contributed by atoms with van der Waals surface area (Å²) in [5.41, 5.74) is 1.13. The van der Waals surface area contributed by atoms with Gasteiger partial charge in [-0.15, -0.1) is 24.0 Å². The summed E-state index contributed by atoms with van der Waals surface area (Å²) in [5, 5.41) is 7.17. The first-order chi connectivity index (χ1) is 10.5. The summed E-state index contributed by atoms with van der Waals surface area (Å²) in [7, 11) is -1.19. The molecule has 1 aromatic carbocycles. The fourth-order valence-electron chi connectivity index (χ4n) is 2.48. The van der Waals surface area contributed by atoms with Crippen molar-refractivity contribution in [3.05, 3.63) is 34.9 Å². The molecule has 1 fully saturated rings. The molecule has 0 bridgehead atoms. The van der Waals surface area contributed by atoms with Crippen molar-refractivity contribution in [2.24, 2.45) is 4.99 Å². The third kappa shape index (κ3) is 6.84. The number of rotatable bonds is 5. The van der Waals surface area contributed by atoms with E-state index in [0.29, 0.717) is 12.4 Å². The molecule has 1 aliphatic rings. The lowest BCUT2D eigenvalue weighted by molar-refractivity contribution is 0.599. The molecule has 23 heavy (non-hydrogen) atoms. The summed E-state index contributed by atoms with van der Waals surface area (Å²) in [4.78, 5) is 4.13. The number of aryl methyl sites for hydroxylation is 1. The standard InChI is InChI=1S/C15H22ClN3O2S.HI/c1-17-15(19-13-8-10-22(20,21)11-13)18-9-4-6-12-5-2-3-7-14(12)16;/h2-3,5,7,13H,4,6,8-11H2,1H3,(H2,17,18,19);1H. The molecule has 1 saturated heterocycles. The molecule has 1 aromatic rings. The van der Waals surface area contributed by atoms with Gasteiger partial charge in [0, 0.05) is 24.7 Å². The Bertz CT molecular complexity index is 637. The summed E-state index contributed by atoms with van der Waals surface area (Å²) in [6.07, 6.45) is 2.46. The molecule has 1 unspecified atom stereocenters. The Hall–Kier alpha value is -0.540. The summed E-state index contributed by atoms with van der Waals surface area (Å²) in [6.45, 7) is 0.754. The predicted octanol–water partition coefficient (Wildman–Crippen LogP) is 2.24. The van der Waals surface area contributed by atoms with Crippen molar-refractivity contribution in [1.82, 2.24) is 10.6 Å². The number of halogens is 2. The minimum Gasteiger partial charge on any atom is -0.356 e. The van der Waals surface area contributed by atoms with E-state index in [-0.39, 0.29) is 41.5 Å². The smallest absolute Gasteiger partial charge is 0.191 e. The van der Waals surface area contributed by atoms with Crippen LogP contribution >= 0.6 is 35.6 Å². The second-order valence-corrected chi connectivity index (χ2v) is 8.07. The molecular formula is C15H23ClIN3O2S. The van der Waals surface area contributed by atoms with E-state index in [1.54, 1.807) is 7.05 Å². The fourth-order valence-corrected chi connectivity index (χ4v) is 4.39. The molecule has 0 amide bonds. The Labute approximate surface area is 160 Å². The van der Waals surface area contributed by atoms with Crippen LogP contribution in [0.4, 0.5) is 0 Å². The van der Waals surface area contributed by atoms with Gasteiger partial charge in [-0.3, -0.25) is 4.99 Å². The largest absolute Gasteiger partial charge is 0.356 e. The van der Waals surface area contributed by atoms with Crippen LogP contribution in [-0.4, -0.2) is 45.5 Å². The Balaban J connectivity index is 0.00000264. The lowest BCUT2D eigenvalue weighted by Crippen LogP contribution is -2.44. The average molecular weight is 472 g/mol. The molecule has 2 N–H and O–H groups in total. The van der Waals surface area contributed by atoms with E-state index < -0.39 is 9.84 Å². The molecule has 0 radical (unpaired) electrons. The molecule has 1 heterocycles. The number of benzene rings is 1. The fraction of sp³-hybridized carbons (Fsp3) is 0.533. The highest BCUT2D eigenvalue weighted by atomic mass is 127. The van der Waals surface area contributed by atoms with Crippen LogP contribution in [0.5, 0.6) is 0 Å². The van der Waals surface area contributed by atoms with Gasteiger partial charge >= 0.3 is 0 Å². The predicted molar refractivity (Wildman–Crippen MR) is 107 cm³/mol. The van der Waals surface area contributed by atoms with Gasteiger partial charge in [-0.1, -0.05) is 29.8 Å². The van der Waals surface area contributed by atoms with Gasteiger partial charge < -0.3 is 10.6 Å². The highest BCUT2D eigenvalue weighted by Gasteiger charge is 2.28. The van der Waals surface area contributed by atoms with E-state index in [1.807, 2.05) is 24.3 Å². The first-order valence-corrected chi connectivity index (χ1v) is 9.61. The SMILES string of the molecule is CN=C(NCCCc1ccccc1Cl)NC1CCS(=O)(=O)C1.I. The number of hydrogen-bond donors (Lipinski definition) is 2. The number of nitrogens with zero attached hydrogens (tertiary/aromatic N) is 1. The molecule has 1 atom stereocenters. The zero-order valence-electron chi connectivity index (χ0n) is 13.1. The van der Waals surface area contributed by atoms with Gasteiger partial charge in [-0.2, -0.15) is 0 Å². The highest BCUT2D eigenvalue weighted by molar-refractivity contribution is 14.0. The lowest BCUT2D eigenvalue weighted by atomic mass is 10.1. The average Bonchev–Trinajstić information content (AvgIpc) is 2.83. The monoisotopic (exact) mass is 471 g/mol. The molecule has 5 nitrogen and oxygen atoms in total. The number of hydrogen-bond acceptors (Lipinski definition) is 3. The molecule has 8 heteroatoms. The summed E-state index contributed by atoms with van der Waals surface area (Å²) < 4.78 is 22.9. The second kappa shape index (κ2) is 9.68. The Kier molecular flexibility index (Phi) is 8.63. The number of nitrogens with one attached hydrogen (secondary N) is 2. The highest BCUT2D eigenvalue weighted by Crippen LogP contribution is 2.16. The van der Waals surface area contributed by atoms with Crippen LogP contribution in [0.25, 0.3) is 0 Å². The molecule has 1 aliphatic heterocycles. The normalized spacial score (nSPS) is 19.9. The van der Waals surface area contributed by atoms with Crippen LogP contribution in [0.3, 0.4) is 0 Å². The minimum atomic E-state index is -2.88. The van der Waals surface area contributed by atoms with E-state index >= 15 is 0 Å². The van der Waals surface area contributed by atoms with Gasteiger partial charge in [0.2, 0.25) is 0 Å². The van der Waals surface area contributed by atoms with E-state index in [1.165, 1.54) is 0 Å². The van der Waals surface area contributed by atoms with Gasteiger partial charge in [0.15, 0.2) is 15.8 Å². The van der Waals surface area contributed by atoms with Gasteiger partial charge in [0.1, 0.15) is 0 Å². The van der Waals surface area contributed by atoms with Crippen LogP contribution in [0.1, 0.15) is 18.4 Å². The third-order valence-corrected chi connectivity index (χ3v) is 5.81. The van der Waals surface area contributed by atoms with E-state index in [0.717, 1.165) is 30.0 Å². The maximum absolute atomic E-state index is 11.4. The van der Waals surface area contributed by atoms with Gasteiger partial charge in [-0.25, -0.2) is 8.42 Å². The van der Waals surface area contributed by atoms with Gasteiger partial charge in [-0.05, 0) is 30.9 Å². The van der Waals surface area contributed by atoms with Crippen LogP contribution in [0.15, 0.2) is 29.3 Å². The minimum absolute atomic E-state index is 0. The van der Waals surface area contributed by atoms with Crippen LogP contribution < -0.4 is 10.6 Å². The summed E-state index contributed by atoms with van der Waals surface area (Å²) in [6, 6.07) is 7.78. The van der Waals surface area contributed by atoms with Crippen molar-refractivity contribution in [3.63, 3.8) is 0 Å². The Morgan fingerprint density at radius 2 is 2.13 bits per heavy atom. The van der Waals surface area contributed by atoms with Crippen molar-refractivity contribution >= 4 is 51.4 Å². The van der Waals surface area contributed by atoms with Gasteiger partial charge in [0.05, 0.1) is 11.5 Å². The van der Waals surface area contributed by atoms with Crippen LogP contribution in [0.2, 0.25) is 5.02 Å². The topological polar surface area (TPSA) is 70.6 Å². The molecular weight excluding hydrogens is 449 g/mol. The molecule has 0 saturated carbocycles. The van der Waals surface area contributed by atoms with Crippen molar-refractivity contribution in [3.8, 4) is 0 Å². The van der Waals surface area contributed by atoms with E-state index in [2.05, 4.69) is 15.6 Å². The first kappa shape index (κ1) is 20.5.